The Bertz CT molecular complexity index is 535. The predicted molar refractivity (Wildman–Crippen MR) is 73.7 cm³/mol. The fraction of sp³-hybridized carbons (Fsp3) is 0.417. The van der Waals surface area contributed by atoms with Crippen molar-refractivity contribution in [3.05, 3.63) is 44.5 Å². The first-order valence-electron chi connectivity index (χ1n) is 5.66. The minimum absolute atomic E-state index is 0.285. The number of nitriles is 1. The summed E-state index contributed by atoms with van der Waals surface area (Å²) in [7, 11) is 0. The molecule has 0 aliphatic carbocycles. The van der Waals surface area contributed by atoms with Gasteiger partial charge in [0.05, 0.1) is 6.07 Å². The van der Waals surface area contributed by atoms with Gasteiger partial charge in [0.2, 0.25) is 0 Å². The van der Waals surface area contributed by atoms with Gasteiger partial charge in [-0.05, 0) is 43.6 Å². The summed E-state index contributed by atoms with van der Waals surface area (Å²) in [5.74, 6) is -0.435. The molecule has 1 aromatic carbocycles. The molecule has 0 spiro atoms. The Labute approximate surface area is 119 Å². The van der Waals surface area contributed by atoms with E-state index in [9.17, 15) is 9.65 Å². The summed E-state index contributed by atoms with van der Waals surface area (Å²) in [5, 5.41) is 15.7. The van der Waals surface area contributed by atoms with Crippen molar-refractivity contribution in [2.75, 3.05) is 13.1 Å². The number of nitrogens with zero attached hydrogens (tertiary/aromatic N) is 4. The third-order valence-corrected chi connectivity index (χ3v) is 3.16. The van der Waals surface area contributed by atoms with E-state index < -0.39 is 11.4 Å². The zero-order valence-corrected chi connectivity index (χ0v) is 12.0. The lowest BCUT2D eigenvalue weighted by atomic mass is 9.93. The number of hydrogen-bond acceptors (Lipinski definition) is 3. The smallest absolute Gasteiger partial charge is 0.132 e. The molecule has 0 aliphatic heterocycles. The van der Waals surface area contributed by atoms with Gasteiger partial charge in [0.25, 0.3) is 0 Å². The van der Waals surface area contributed by atoms with Crippen molar-refractivity contribution < 1.29 is 4.39 Å². The van der Waals surface area contributed by atoms with E-state index in [1.807, 2.05) is 0 Å². The molecule has 1 unspecified atom stereocenters. The van der Waals surface area contributed by atoms with E-state index in [0.717, 1.165) is 0 Å². The van der Waals surface area contributed by atoms with E-state index in [-0.39, 0.29) is 5.56 Å². The van der Waals surface area contributed by atoms with Crippen LogP contribution in [0.4, 0.5) is 4.39 Å². The van der Waals surface area contributed by atoms with E-state index in [1.54, 1.807) is 19.1 Å². The molecule has 0 fully saturated rings. The molecular weight excluding hydrogens is 313 g/mol. The second kappa shape index (κ2) is 7.10. The van der Waals surface area contributed by atoms with Gasteiger partial charge in [0.1, 0.15) is 11.4 Å². The van der Waals surface area contributed by atoms with Crippen LogP contribution in [0, 0.1) is 17.1 Å². The van der Waals surface area contributed by atoms with Crippen molar-refractivity contribution in [3.63, 3.8) is 0 Å². The highest BCUT2D eigenvalue weighted by Crippen LogP contribution is 2.26. The van der Waals surface area contributed by atoms with Crippen LogP contribution in [0.2, 0.25) is 0 Å². The fourth-order valence-corrected chi connectivity index (χ4v) is 1.97. The van der Waals surface area contributed by atoms with Crippen LogP contribution in [0.3, 0.4) is 0 Å². The molecule has 1 rings (SSSR count). The Kier molecular flexibility index (Phi) is 5.77. The van der Waals surface area contributed by atoms with E-state index >= 15 is 0 Å². The Morgan fingerprint density at radius 2 is 2.37 bits per heavy atom. The predicted octanol–water partition coefficient (Wildman–Crippen LogP) is 3.62. The summed E-state index contributed by atoms with van der Waals surface area (Å²) in [4.78, 5) is 2.64. The number of nitrogens with one attached hydrogen (secondary N) is 1. The minimum atomic E-state index is -1.12. The molecule has 0 aromatic heterocycles. The maximum Gasteiger partial charge on any atom is 0.132 e. The van der Waals surface area contributed by atoms with E-state index in [0.29, 0.717) is 24.0 Å². The molecule has 0 bridgehead atoms. The number of azide groups is 1. The third kappa shape index (κ3) is 4.21. The minimum Gasteiger partial charge on any atom is -0.296 e. The van der Waals surface area contributed by atoms with E-state index in [2.05, 4.69) is 37.3 Å². The molecular formula is C12H13BrFN5. The summed E-state index contributed by atoms with van der Waals surface area (Å²) in [5.41, 5.74) is 7.31. The first-order chi connectivity index (χ1) is 9.03. The van der Waals surface area contributed by atoms with Gasteiger partial charge in [-0.3, -0.25) is 5.32 Å². The Hall–Kier alpha value is -1.61. The van der Waals surface area contributed by atoms with Crippen LogP contribution < -0.4 is 5.32 Å². The van der Waals surface area contributed by atoms with Gasteiger partial charge >= 0.3 is 0 Å². The van der Waals surface area contributed by atoms with Crippen molar-refractivity contribution in [2.45, 2.75) is 18.9 Å². The monoisotopic (exact) mass is 325 g/mol. The molecule has 1 aromatic rings. The number of rotatable bonds is 6. The van der Waals surface area contributed by atoms with Crippen molar-refractivity contribution in [2.24, 2.45) is 5.11 Å². The lowest BCUT2D eigenvalue weighted by Gasteiger charge is -2.24. The van der Waals surface area contributed by atoms with Crippen LogP contribution >= 0.6 is 15.9 Å². The first kappa shape index (κ1) is 15.4. The molecule has 5 nitrogen and oxygen atoms in total. The maximum atomic E-state index is 13.8. The fourth-order valence-electron chi connectivity index (χ4n) is 1.61. The van der Waals surface area contributed by atoms with Gasteiger partial charge in [0, 0.05) is 21.5 Å². The lowest BCUT2D eigenvalue weighted by Crippen LogP contribution is -2.39. The summed E-state index contributed by atoms with van der Waals surface area (Å²) in [6, 6.07) is 6.56. The lowest BCUT2D eigenvalue weighted by molar-refractivity contribution is 0.438. The second-order valence-electron chi connectivity index (χ2n) is 4.10. The molecule has 19 heavy (non-hydrogen) atoms. The summed E-state index contributed by atoms with van der Waals surface area (Å²) in [6.45, 7) is 2.41. The summed E-state index contributed by atoms with van der Waals surface area (Å²) < 4.78 is 14.5. The molecule has 7 heteroatoms. The van der Waals surface area contributed by atoms with Crippen molar-refractivity contribution in [3.8, 4) is 6.07 Å². The maximum absolute atomic E-state index is 13.8. The van der Waals surface area contributed by atoms with Crippen molar-refractivity contribution in [1.29, 1.82) is 5.26 Å². The topological polar surface area (TPSA) is 84.6 Å². The van der Waals surface area contributed by atoms with E-state index in [1.165, 1.54) is 6.07 Å². The summed E-state index contributed by atoms with van der Waals surface area (Å²) in [6.07, 6.45) is 0.580. The normalized spacial score (nSPS) is 13.2. The molecule has 0 aliphatic rings. The summed E-state index contributed by atoms with van der Waals surface area (Å²) >= 11 is 3.26. The Morgan fingerprint density at radius 1 is 1.63 bits per heavy atom. The standard InChI is InChI=1S/C12H13BrFN5/c1-12(8-15,17-5-2-6-18-19-16)10-7-9(13)3-4-11(10)14/h3-4,7,17H,2,5-6H2,1H3. The quantitative estimate of drug-likeness (QED) is 0.375. The molecule has 0 saturated carbocycles. The average molecular weight is 326 g/mol. The van der Waals surface area contributed by atoms with Crippen LogP contribution in [0.25, 0.3) is 10.4 Å². The van der Waals surface area contributed by atoms with Gasteiger partial charge in [-0.2, -0.15) is 5.26 Å². The molecule has 100 valence electrons. The molecule has 0 saturated heterocycles. The number of hydrogen-bond donors (Lipinski definition) is 1. The van der Waals surface area contributed by atoms with Gasteiger partial charge in [-0.25, -0.2) is 4.39 Å². The van der Waals surface area contributed by atoms with Gasteiger partial charge in [-0.15, -0.1) is 0 Å². The van der Waals surface area contributed by atoms with Crippen molar-refractivity contribution in [1.82, 2.24) is 5.32 Å². The van der Waals surface area contributed by atoms with Crippen LogP contribution in [0.1, 0.15) is 18.9 Å². The van der Waals surface area contributed by atoms with Gasteiger partial charge < -0.3 is 0 Å². The number of benzene rings is 1. The zero-order chi connectivity index (χ0) is 14.3. The molecule has 0 heterocycles. The Balaban J connectivity index is 2.82. The zero-order valence-electron chi connectivity index (χ0n) is 10.4. The molecule has 1 N–H and O–H groups in total. The highest BCUT2D eigenvalue weighted by atomic mass is 79.9. The van der Waals surface area contributed by atoms with Crippen LogP contribution in [0.5, 0.6) is 0 Å². The largest absolute Gasteiger partial charge is 0.296 e. The highest BCUT2D eigenvalue weighted by molar-refractivity contribution is 9.10. The molecule has 0 radical (unpaired) electrons. The average Bonchev–Trinajstić information content (AvgIpc) is 2.41. The second-order valence-corrected chi connectivity index (χ2v) is 5.01. The van der Waals surface area contributed by atoms with Crippen molar-refractivity contribution >= 4 is 15.9 Å². The Morgan fingerprint density at radius 3 is 3.00 bits per heavy atom. The molecule has 0 amide bonds. The SMILES string of the molecule is CC(C#N)(NCCCN=[N+]=[N-])c1cc(Br)ccc1F. The van der Waals surface area contributed by atoms with Gasteiger partial charge in [0.15, 0.2) is 0 Å². The van der Waals surface area contributed by atoms with E-state index in [4.69, 9.17) is 5.53 Å². The van der Waals surface area contributed by atoms with Crippen LogP contribution in [-0.4, -0.2) is 13.1 Å². The molecule has 1 atom stereocenters. The highest BCUT2D eigenvalue weighted by Gasteiger charge is 2.28. The number of halogens is 2. The third-order valence-electron chi connectivity index (χ3n) is 2.67. The van der Waals surface area contributed by atoms with Gasteiger partial charge in [-0.1, -0.05) is 21.0 Å². The van der Waals surface area contributed by atoms with Crippen LogP contribution in [0.15, 0.2) is 27.8 Å². The van der Waals surface area contributed by atoms with Crippen LogP contribution in [-0.2, 0) is 5.54 Å². The first-order valence-corrected chi connectivity index (χ1v) is 6.45.